The zero-order valence-electron chi connectivity index (χ0n) is 14.1. The van der Waals surface area contributed by atoms with Crippen molar-refractivity contribution >= 4 is 29.5 Å². The summed E-state index contributed by atoms with van der Waals surface area (Å²) in [6, 6.07) is 18.0. The molecule has 0 aliphatic heterocycles. The van der Waals surface area contributed by atoms with Crippen LogP contribution in [0.1, 0.15) is 23.0 Å². The van der Waals surface area contributed by atoms with Crippen molar-refractivity contribution in [3.8, 4) is 11.3 Å². The number of hydrazone groups is 1. The summed E-state index contributed by atoms with van der Waals surface area (Å²) in [5.74, 6) is 0.962. The normalized spacial score (nSPS) is 10.8. The van der Waals surface area contributed by atoms with E-state index in [1.54, 1.807) is 37.4 Å². The first-order valence-electron chi connectivity index (χ1n) is 8.08. The van der Waals surface area contributed by atoms with Crippen LogP contribution >= 0.6 is 11.6 Å². The fraction of sp³-hybridized carbons (Fsp3) is 0.100. The Labute approximate surface area is 156 Å². The van der Waals surface area contributed by atoms with Crippen molar-refractivity contribution < 1.29 is 13.9 Å². The Morgan fingerprint density at radius 1 is 1.12 bits per heavy atom. The molecule has 5 nitrogen and oxygen atoms in total. The standard InChI is InChI=1S/C20H17ClN2O3/c1-2-25-20(24)15-5-3-14(4-6-15)19-12-11-18(26-19)13-22-23-17-9-7-16(21)8-10-17/h3-13,23H,2H2,1H3/b22-13-. The van der Waals surface area contributed by atoms with Gasteiger partial charge in [-0.3, -0.25) is 5.43 Å². The molecule has 1 N–H and O–H groups in total. The molecule has 0 aliphatic carbocycles. The van der Waals surface area contributed by atoms with Gasteiger partial charge in [0.1, 0.15) is 11.5 Å². The Bertz CT molecular complexity index is 900. The Kier molecular flexibility index (Phi) is 5.71. The number of ether oxygens (including phenoxy) is 1. The minimum Gasteiger partial charge on any atom is -0.462 e. The number of carbonyl (C=O) groups is 1. The molecule has 2 aromatic carbocycles. The Hall–Kier alpha value is -3.05. The molecule has 6 heteroatoms. The molecule has 132 valence electrons. The van der Waals surface area contributed by atoms with Crippen LogP contribution in [0.3, 0.4) is 0 Å². The predicted octanol–water partition coefficient (Wildman–Crippen LogP) is 5.22. The summed E-state index contributed by atoms with van der Waals surface area (Å²) in [4.78, 5) is 11.7. The summed E-state index contributed by atoms with van der Waals surface area (Å²) < 4.78 is 10.7. The minimum absolute atomic E-state index is 0.334. The van der Waals surface area contributed by atoms with Gasteiger partial charge in [0, 0.05) is 10.6 Å². The van der Waals surface area contributed by atoms with Gasteiger partial charge in [-0.05, 0) is 55.5 Å². The number of benzene rings is 2. The highest BCUT2D eigenvalue weighted by molar-refractivity contribution is 6.30. The van der Waals surface area contributed by atoms with Crippen LogP contribution in [0.2, 0.25) is 5.02 Å². The summed E-state index contributed by atoms with van der Waals surface area (Å²) in [7, 11) is 0. The van der Waals surface area contributed by atoms with Crippen LogP contribution in [0.25, 0.3) is 11.3 Å². The minimum atomic E-state index is -0.334. The summed E-state index contributed by atoms with van der Waals surface area (Å²) in [6.45, 7) is 2.13. The molecule has 0 saturated carbocycles. The lowest BCUT2D eigenvalue weighted by atomic mass is 10.1. The third-order valence-corrected chi connectivity index (χ3v) is 3.79. The summed E-state index contributed by atoms with van der Waals surface area (Å²) in [5, 5.41) is 4.80. The molecular formula is C20H17ClN2O3. The first kappa shape index (κ1) is 17.8. The van der Waals surface area contributed by atoms with Gasteiger partial charge in [-0.1, -0.05) is 23.7 Å². The van der Waals surface area contributed by atoms with E-state index in [2.05, 4.69) is 10.5 Å². The molecule has 0 aliphatic rings. The van der Waals surface area contributed by atoms with Crippen molar-refractivity contribution in [2.45, 2.75) is 6.92 Å². The van der Waals surface area contributed by atoms with Crippen molar-refractivity contribution in [2.24, 2.45) is 5.10 Å². The molecule has 0 radical (unpaired) electrons. The molecule has 26 heavy (non-hydrogen) atoms. The average molecular weight is 369 g/mol. The second-order valence-electron chi connectivity index (χ2n) is 5.38. The fourth-order valence-corrected chi connectivity index (χ4v) is 2.38. The maximum Gasteiger partial charge on any atom is 0.338 e. The van der Waals surface area contributed by atoms with E-state index < -0.39 is 0 Å². The van der Waals surface area contributed by atoms with Crippen LogP contribution in [0.5, 0.6) is 0 Å². The lowest BCUT2D eigenvalue weighted by Crippen LogP contribution is -2.03. The van der Waals surface area contributed by atoms with Gasteiger partial charge in [0.2, 0.25) is 0 Å². The first-order chi connectivity index (χ1) is 12.7. The van der Waals surface area contributed by atoms with Gasteiger partial charge in [-0.2, -0.15) is 5.10 Å². The molecule has 0 bridgehead atoms. The van der Waals surface area contributed by atoms with E-state index in [9.17, 15) is 4.79 Å². The van der Waals surface area contributed by atoms with E-state index in [1.807, 2.05) is 36.4 Å². The van der Waals surface area contributed by atoms with Crippen molar-refractivity contribution in [2.75, 3.05) is 12.0 Å². The molecule has 0 spiro atoms. The van der Waals surface area contributed by atoms with E-state index in [4.69, 9.17) is 20.8 Å². The molecule has 3 aromatic rings. The second kappa shape index (κ2) is 8.36. The molecule has 0 unspecified atom stereocenters. The van der Waals surface area contributed by atoms with E-state index in [0.29, 0.717) is 28.7 Å². The zero-order valence-corrected chi connectivity index (χ0v) is 14.9. The van der Waals surface area contributed by atoms with Crippen LogP contribution in [-0.4, -0.2) is 18.8 Å². The topological polar surface area (TPSA) is 63.8 Å². The Morgan fingerprint density at radius 2 is 1.85 bits per heavy atom. The smallest absolute Gasteiger partial charge is 0.338 e. The van der Waals surface area contributed by atoms with Crippen molar-refractivity contribution in [3.05, 3.63) is 77.0 Å². The molecule has 1 aromatic heterocycles. The van der Waals surface area contributed by atoms with Crippen LogP contribution < -0.4 is 5.43 Å². The first-order valence-corrected chi connectivity index (χ1v) is 8.45. The Morgan fingerprint density at radius 3 is 2.54 bits per heavy atom. The van der Waals surface area contributed by atoms with Crippen molar-refractivity contribution in [1.82, 2.24) is 0 Å². The number of hydrogen-bond donors (Lipinski definition) is 1. The molecular weight excluding hydrogens is 352 g/mol. The lowest BCUT2D eigenvalue weighted by Gasteiger charge is -2.02. The van der Waals surface area contributed by atoms with Gasteiger partial charge in [-0.15, -0.1) is 0 Å². The van der Waals surface area contributed by atoms with E-state index >= 15 is 0 Å². The third-order valence-electron chi connectivity index (χ3n) is 3.54. The number of rotatable bonds is 6. The number of hydrogen-bond acceptors (Lipinski definition) is 5. The largest absolute Gasteiger partial charge is 0.462 e. The summed E-state index contributed by atoms with van der Waals surface area (Å²) in [6.07, 6.45) is 1.59. The number of anilines is 1. The molecule has 1 heterocycles. The molecule has 3 rings (SSSR count). The molecule has 0 fully saturated rings. The number of halogens is 1. The van der Waals surface area contributed by atoms with Crippen molar-refractivity contribution in [3.63, 3.8) is 0 Å². The summed E-state index contributed by atoms with van der Waals surface area (Å²) in [5.41, 5.74) is 5.10. The highest BCUT2D eigenvalue weighted by Gasteiger charge is 2.08. The zero-order chi connectivity index (χ0) is 18.4. The van der Waals surface area contributed by atoms with Crippen LogP contribution in [0.15, 0.2) is 70.2 Å². The SMILES string of the molecule is CCOC(=O)c1ccc(-c2ccc(/C=N\Nc3ccc(Cl)cc3)o2)cc1. The number of nitrogens with zero attached hydrogens (tertiary/aromatic N) is 1. The monoisotopic (exact) mass is 368 g/mol. The van der Waals surface area contributed by atoms with Crippen molar-refractivity contribution in [1.29, 1.82) is 0 Å². The molecule has 0 atom stereocenters. The summed E-state index contributed by atoms with van der Waals surface area (Å²) >= 11 is 5.84. The molecule has 0 amide bonds. The second-order valence-corrected chi connectivity index (χ2v) is 5.81. The fourth-order valence-electron chi connectivity index (χ4n) is 2.26. The Balaban J connectivity index is 1.64. The maximum atomic E-state index is 11.7. The lowest BCUT2D eigenvalue weighted by molar-refractivity contribution is 0.0526. The van der Waals surface area contributed by atoms with E-state index in [0.717, 1.165) is 11.3 Å². The predicted molar refractivity (Wildman–Crippen MR) is 103 cm³/mol. The third kappa shape index (κ3) is 4.52. The van der Waals surface area contributed by atoms with Gasteiger partial charge in [0.15, 0.2) is 0 Å². The quantitative estimate of drug-likeness (QED) is 0.368. The number of esters is 1. The van der Waals surface area contributed by atoms with Crippen LogP contribution in [-0.2, 0) is 4.74 Å². The highest BCUT2D eigenvalue weighted by Crippen LogP contribution is 2.22. The van der Waals surface area contributed by atoms with Crippen LogP contribution in [0, 0.1) is 0 Å². The van der Waals surface area contributed by atoms with Gasteiger partial charge < -0.3 is 9.15 Å². The number of furan rings is 1. The van der Waals surface area contributed by atoms with Crippen LogP contribution in [0.4, 0.5) is 5.69 Å². The number of nitrogens with one attached hydrogen (secondary N) is 1. The average Bonchev–Trinajstić information content (AvgIpc) is 3.13. The van der Waals surface area contributed by atoms with E-state index in [1.165, 1.54) is 0 Å². The van der Waals surface area contributed by atoms with Gasteiger partial charge >= 0.3 is 5.97 Å². The van der Waals surface area contributed by atoms with Gasteiger partial charge in [0.25, 0.3) is 0 Å². The number of carbonyl (C=O) groups excluding carboxylic acids is 1. The highest BCUT2D eigenvalue weighted by atomic mass is 35.5. The van der Waals surface area contributed by atoms with E-state index in [-0.39, 0.29) is 5.97 Å². The maximum absolute atomic E-state index is 11.7. The van der Waals surface area contributed by atoms with Gasteiger partial charge in [0.05, 0.1) is 24.1 Å². The molecule has 0 saturated heterocycles. The van der Waals surface area contributed by atoms with Gasteiger partial charge in [-0.25, -0.2) is 4.79 Å².